The number of carbonyl (C=O) groups excluding carboxylic acids is 1. The minimum Gasteiger partial charge on any atom is -0.315 e. The lowest BCUT2D eigenvalue weighted by atomic mass is 10.2. The van der Waals surface area contributed by atoms with E-state index in [0.717, 1.165) is 0 Å². The first-order valence-electron chi connectivity index (χ1n) is 6.52. The summed E-state index contributed by atoms with van der Waals surface area (Å²) in [5.74, 6) is 0.131. The van der Waals surface area contributed by atoms with Crippen LogP contribution in [0.1, 0.15) is 5.69 Å². The molecule has 2 aromatic rings. The zero-order valence-corrected chi connectivity index (χ0v) is 13.3. The molecular formula is C14H10N4O3S2. The lowest BCUT2D eigenvalue weighted by Crippen LogP contribution is -2.22. The van der Waals surface area contributed by atoms with Crippen LogP contribution >= 0.6 is 24.0 Å². The highest BCUT2D eigenvalue weighted by Gasteiger charge is 2.26. The van der Waals surface area contributed by atoms with Gasteiger partial charge in [0.1, 0.15) is 0 Å². The van der Waals surface area contributed by atoms with E-state index >= 15 is 0 Å². The van der Waals surface area contributed by atoms with Crippen molar-refractivity contribution in [2.24, 2.45) is 5.10 Å². The molecule has 1 aliphatic rings. The molecule has 23 heavy (non-hydrogen) atoms. The van der Waals surface area contributed by atoms with Crippen molar-refractivity contribution in [1.29, 1.82) is 0 Å². The Bertz CT molecular complexity index is 815. The molecule has 0 aliphatic carbocycles. The summed E-state index contributed by atoms with van der Waals surface area (Å²) < 4.78 is 2.16. The Hall–Kier alpha value is -2.52. The number of rotatable bonds is 4. The molecule has 2 heterocycles. The molecule has 0 bridgehead atoms. The molecule has 1 aromatic heterocycles. The molecule has 1 saturated heterocycles. The summed E-state index contributed by atoms with van der Waals surface area (Å²) in [6, 6.07) is 9.85. The number of amides is 1. The Kier molecular flexibility index (Phi) is 4.22. The minimum absolute atomic E-state index is 0.00591. The molecular weight excluding hydrogens is 336 g/mol. The lowest BCUT2D eigenvalue weighted by Gasteiger charge is -2.08. The summed E-state index contributed by atoms with van der Waals surface area (Å²) in [6.07, 6.45) is 3.27. The number of nitro benzene ring substituents is 1. The molecule has 0 atom stereocenters. The third-order valence-corrected chi connectivity index (χ3v) is 4.47. The van der Waals surface area contributed by atoms with Crippen LogP contribution in [-0.4, -0.2) is 36.7 Å². The summed E-state index contributed by atoms with van der Waals surface area (Å²) >= 11 is 6.33. The van der Waals surface area contributed by atoms with Gasteiger partial charge in [-0.3, -0.25) is 14.9 Å². The topological polar surface area (TPSA) is 80.7 Å². The standard InChI is InChI=1S/C14H10N4O3S2/c19-13-9-23-14(22)17(13)15-8-12-5-2-6-16(12)10-3-1-4-11(7-10)18(20)21/h1-8H,9H2/b15-8-. The van der Waals surface area contributed by atoms with Crippen molar-refractivity contribution >= 4 is 46.1 Å². The maximum absolute atomic E-state index is 11.6. The largest absolute Gasteiger partial charge is 0.315 e. The third-order valence-electron chi connectivity index (χ3n) is 3.13. The normalized spacial score (nSPS) is 14.9. The van der Waals surface area contributed by atoms with Crippen LogP contribution in [0.3, 0.4) is 0 Å². The first kappa shape index (κ1) is 15.4. The van der Waals surface area contributed by atoms with E-state index in [9.17, 15) is 14.9 Å². The zero-order chi connectivity index (χ0) is 16.4. The fourth-order valence-corrected chi connectivity index (χ4v) is 3.03. The van der Waals surface area contributed by atoms with Gasteiger partial charge in [-0.2, -0.15) is 10.1 Å². The first-order valence-corrected chi connectivity index (χ1v) is 7.91. The first-order chi connectivity index (χ1) is 11.1. The van der Waals surface area contributed by atoms with Crippen LogP contribution in [0.25, 0.3) is 5.69 Å². The predicted octanol–water partition coefficient (Wildman–Crippen LogP) is 2.58. The Labute approximate surface area is 140 Å². The van der Waals surface area contributed by atoms with Gasteiger partial charge in [0.15, 0.2) is 4.32 Å². The van der Waals surface area contributed by atoms with Gasteiger partial charge in [-0.05, 0) is 18.2 Å². The van der Waals surface area contributed by atoms with Crippen molar-refractivity contribution < 1.29 is 9.72 Å². The second-order valence-corrected chi connectivity index (χ2v) is 6.19. The van der Waals surface area contributed by atoms with Gasteiger partial charge in [-0.15, -0.1) is 0 Å². The van der Waals surface area contributed by atoms with Crippen LogP contribution in [0.4, 0.5) is 5.69 Å². The van der Waals surface area contributed by atoms with Gasteiger partial charge in [-0.1, -0.05) is 30.0 Å². The summed E-state index contributed by atoms with van der Waals surface area (Å²) in [5.41, 5.74) is 1.32. The van der Waals surface area contributed by atoms with Gasteiger partial charge in [0.05, 0.1) is 28.3 Å². The molecule has 116 valence electrons. The van der Waals surface area contributed by atoms with Crippen molar-refractivity contribution in [2.75, 3.05) is 5.75 Å². The molecule has 0 unspecified atom stereocenters. The Morgan fingerprint density at radius 1 is 1.35 bits per heavy atom. The third kappa shape index (κ3) is 3.15. The second kappa shape index (κ2) is 6.31. The van der Waals surface area contributed by atoms with Crippen molar-refractivity contribution in [3.8, 4) is 5.69 Å². The van der Waals surface area contributed by atoms with Crippen LogP contribution in [0.2, 0.25) is 0 Å². The average Bonchev–Trinajstić information content (AvgIpc) is 3.13. The molecule has 0 saturated carbocycles. The van der Waals surface area contributed by atoms with E-state index in [4.69, 9.17) is 12.2 Å². The van der Waals surface area contributed by atoms with E-state index in [0.29, 0.717) is 21.5 Å². The highest BCUT2D eigenvalue weighted by molar-refractivity contribution is 8.23. The Morgan fingerprint density at radius 3 is 2.87 bits per heavy atom. The highest BCUT2D eigenvalue weighted by Crippen LogP contribution is 2.21. The lowest BCUT2D eigenvalue weighted by molar-refractivity contribution is -0.384. The number of hydrazone groups is 1. The van der Waals surface area contributed by atoms with E-state index in [-0.39, 0.29) is 11.6 Å². The zero-order valence-electron chi connectivity index (χ0n) is 11.7. The van der Waals surface area contributed by atoms with Gasteiger partial charge in [-0.25, -0.2) is 0 Å². The maximum Gasteiger partial charge on any atom is 0.271 e. The summed E-state index contributed by atoms with van der Waals surface area (Å²) in [4.78, 5) is 22.1. The van der Waals surface area contributed by atoms with E-state index < -0.39 is 4.92 Å². The maximum atomic E-state index is 11.6. The van der Waals surface area contributed by atoms with Gasteiger partial charge < -0.3 is 4.57 Å². The Morgan fingerprint density at radius 2 is 2.17 bits per heavy atom. The van der Waals surface area contributed by atoms with E-state index in [1.54, 1.807) is 35.0 Å². The molecule has 0 N–H and O–H groups in total. The SMILES string of the molecule is O=C1CSC(=S)N1/N=C\c1cccn1-c1cccc([N+](=O)[O-])c1. The van der Waals surface area contributed by atoms with Gasteiger partial charge >= 0.3 is 0 Å². The molecule has 9 heteroatoms. The highest BCUT2D eigenvalue weighted by atomic mass is 32.2. The molecule has 3 rings (SSSR count). The quantitative estimate of drug-likeness (QED) is 0.368. The number of aromatic nitrogens is 1. The van der Waals surface area contributed by atoms with Gasteiger partial charge in [0, 0.05) is 18.3 Å². The molecule has 1 amide bonds. The Balaban J connectivity index is 1.91. The number of thioether (sulfide) groups is 1. The van der Waals surface area contributed by atoms with Crippen molar-refractivity contribution in [1.82, 2.24) is 9.58 Å². The van der Waals surface area contributed by atoms with Crippen molar-refractivity contribution in [2.45, 2.75) is 0 Å². The fourth-order valence-electron chi connectivity index (χ4n) is 2.07. The average molecular weight is 346 g/mol. The van der Waals surface area contributed by atoms with Gasteiger partial charge in [0.2, 0.25) is 0 Å². The molecule has 0 spiro atoms. The number of hydrogen-bond donors (Lipinski definition) is 0. The molecule has 1 aromatic carbocycles. The molecule has 7 nitrogen and oxygen atoms in total. The monoisotopic (exact) mass is 346 g/mol. The van der Waals surface area contributed by atoms with Crippen LogP contribution in [-0.2, 0) is 4.79 Å². The van der Waals surface area contributed by atoms with E-state index in [1.165, 1.54) is 35.1 Å². The van der Waals surface area contributed by atoms with Crippen LogP contribution < -0.4 is 0 Å². The summed E-state index contributed by atoms with van der Waals surface area (Å²) in [6.45, 7) is 0. The summed E-state index contributed by atoms with van der Waals surface area (Å²) in [5, 5.41) is 16.2. The number of benzene rings is 1. The number of thiocarbonyl (C=S) groups is 1. The smallest absolute Gasteiger partial charge is 0.271 e. The second-order valence-electron chi connectivity index (χ2n) is 4.58. The van der Waals surface area contributed by atoms with Crippen molar-refractivity contribution in [3.05, 3.63) is 58.4 Å². The fraction of sp³-hybridized carbons (Fsp3) is 0.0714. The van der Waals surface area contributed by atoms with Gasteiger partial charge in [0.25, 0.3) is 11.6 Å². The molecule has 0 radical (unpaired) electrons. The minimum atomic E-state index is -0.445. The van der Waals surface area contributed by atoms with Crippen LogP contribution in [0, 0.1) is 10.1 Å². The number of nitrogens with zero attached hydrogens (tertiary/aromatic N) is 4. The molecule has 1 fully saturated rings. The van der Waals surface area contributed by atoms with E-state index in [2.05, 4.69) is 5.10 Å². The van der Waals surface area contributed by atoms with Crippen molar-refractivity contribution in [3.63, 3.8) is 0 Å². The van der Waals surface area contributed by atoms with Crippen LogP contribution in [0.15, 0.2) is 47.7 Å². The molecule has 1 aliphatic heterocycles. The van der Waals surface area contributed by atoms with E-state index in [1.807, 2.05) is 0 Å². The number of carbonyl (C=O) groups is 1. The number of nitro groups is 1. The summed E-state index contributed by atoms with van der Waals surface area (Å²) in [7, 11) is 0. The number of hydrogen-bond acceptors (Lipinski definition) is 6. The number of non-ortho nitro benzene ring substituents is 1. The van der Waals surface area contributed by atoms with Crippen LogP contribution in [0.5, 0.6) is 0 Å². The predicted molar refractivity (Wildman–Crippen MR) is 91.9 cm³/mol.